The molecule has 8 nitrogen and oxygen atoms in total. The highest BCUT2D eigenvalue weighted by molar-refractivity contribution is 5.96. The number of nitrogens with zero attached hydrogens (tertiary/aromatic N) is 1. The van der Waals surface area contributed by atoms with E-state index in [1.807, 2.05) is 12.1 Å². The number of aromatic hydroxyl groups is 1. The summed E-state index contributed by atoms with van der Waals surface area (Å²) in [6, 6.07) is 16.1. The zero-order valence-electron chi connectivity index (χ0n) is 21.3. The molecule has 8 heteroatoms. The van der Waals surface area contributed by atoms with Gasteiger partial charge in [-0.3, -0.25) is 9.59 Å². The molecule has 0 saturated carbocycles. The molecule has 2 aromatic carbocycles. The minimum atomic E-state index is -0.753. The van der Waals surface area contributed by atoms with Crippen molar-refractivity contribution in [3.8, 4) is 11.5 Å². The van der Waals surface area contributed by atoms with E-state index in [1.165, 1.54) is 23.9 Å². The molecule has 0 atom stereocenters. The largest absolute Gasteiger partial charge is 0.503 e. The summed E-state index contributed by atoms with van der Waals surface area (Å²) >= 11 is 0. The molecule has 37 heavy (non-hydrogen) atoms. The van der Waals surface area contributed by atoms with Gasteiger partial charge in [0.2, 0.25) is 5.43 Å². The third-order valence-electron chi connectivity index (χ3n) is 6.23. The van der Waals surface area contributed by atoms with Crippen molar-refractivity contribution in [2.24, 2.45) is 0 Å². The van der Waals surface area contributed by atoms with E-state index < -0.39 is 17.0 Å². The Morgan fingerprint density at radius 1 is 1.05 bits per heavy atom. The molecular weight excluding hydrogens is 472 g/mol. The smallest absolute Gasteiger partial charge is 0.349 e. The molecule has 1 amide bonds. The summed E-state index contributed by atoms with van der Waals surface area (Å²) in [6.07, 6.45) is 1.54. The number of nitrogens with one attached hydrogen (secondary N) is 1. The molecule has 4 rings (SSSR count). The lowest BCUT2D eigenvalue weighted by Crippen LogP contribution is -2.31. The van der Waals surface area contributed by atoms with Gasteiger partial charge in [0.05, 0.1) is 5.69 Å². The van der Waals surface area contributed by atoms with Crippen LogP contribution < -0.4 is 21.1 Å². The minimum absolute atomic E-state index is 0.0810. The number of pyridine rings is 1. The number of carbonyl (C=O) groups is 1. The molecule has 0 aliphatic heterocycles. The van der Waals surface area contributed by atoms with Crippen molar-refractivity contribution in [2.75, 3.05) is 6.54 Å². The van der Waals surface area contributed by atoms with Gasteiger partial charge in [0, 0.05) is 36.8 Å². The molecule has 4 aromatic rings. The molecule has 0 spiro atoms. The van der Waals surface area contributed by atoms with Gasteiger partial charge in [-0.25, -0.2) is 4.79 Å². The van der Waals surface area contributed by atoms with Crippen LogP contribution in [0.2, 0.25) is 0 Å². The minimum Gasteiger partial charge on any atom is -0.503 e. The quantitative estimate of drug-likeness (QED) is 0.365. The third kappa shape index (κ3) is 5.91. The molecular formula is C29H30N2O6. The lowest BCUT2D eigenvalue weighted by molar-refractivity contribution is 0.0948. The van der Waals surface area contributed by atoms with E-state index in [4.69, 9.17) is 9.15 Å². The monoisotopic (exact) mass is 502 g/mol. The van der Waals surface area contributed by atoms with Crippen LogP contribution in [0.4, 0.5) is 0 Å². The highest BCUT2D eigenvalue weighted by Crippen LogP contribution is 2.24. The predicted molar refractivity (Wildman–Crippen MR) is 141 cm³/mol. The van der Waals surface area contributed by atoms with Crippen molar-refractivity contribution in [2.45, 2.75) is 46.3 Å². The molecule has 2 heterocycles. The first kappa shape index (κ1) is 25.8. The highest BCUT2D eigenvalue weighted by Gasteiger charge is 2.15. The molecule has 0 aliphatic carbocycles. The number of amides is 1. The fraction of sp³-hybridized carbons (Fsp3) is 0.276. The van der Waals surface area contributed by atoms with Crippen molar-refractivity contribution >= 4 is 16.9 Å². The molecule has 0 radical (unpaired) electrons. The Morgan fingerprint density at radius 3 is 2.49 bits per heavy atom. The van der Waals surface area contributed by atoms with Crippen LogP contribution in [0.25, 0.3) is 11.0 Å². The summed E-state index contributed by atoms with van der Waals surface area (Å²) in [5, 5.41) is 13.0. The number of carbonyl (C=O) groups excluding carboxylic acids is 1. The Balaban J connectivity index is 1.41. The summed E-state index contributed by atoms with van der Waals surface area (Å²) in [4.78, 5) is 36.6. The van der Waals surface area contributed by atoms with E-state index >= 15 is 0 Å². The highest BCUT2D eigenvalue weighted by atomic mass is 16.5. The fourth-order valence-corrected chi connectivity index (χ4v) is 3.90. The molecule has 0 bridgehead atoms. The maximum atomic E-state index is 12.6. The van der Waals surface area contributed by atoms with Crippen LogP contribution in [-0.4, -0.2) is 22.1 Å². The van der Waals surface area contributed by atoms with Gasteiger partial charge in [-0.15, -0.1) is 0 Å². The van der Waals surface area contributed by atoms with Crippen molar-refractivity contribution < 1.29 is 19.1 Å². The zero-order chi connectivity index (χ0) is 26.7. The first-order chi connectivity index (χ1) is 17.5. The van der Waals surface area contributed by atoms with Crippen molar-refractivity contribution in [3.05, 3.63) is 104 Å². The number of rotatable bonds is 7. The SMILES string of the molecule is Cc1c(O)c(=O)ccn1CCNC(=O)c1cc2ccc(OCc3ccc(C(C)(C)C)cc3)cc2oc1=O. The average Bonchev–Trinajstić information content (AvgIpc) is 2.86. The van der Waals surface area contributed by atoms with E-state index in [9.17, 15) is 19.5 Å². The molecule has 0 fully saturated rings. The van der Waals surface area contributed by atoms with Crippen LogP contribution in [0.1, 0.15) is 48.0 Å². The number of fused-ring (bicyclic) bond motifs is 1. The Bertz CT molecular complexity index is 1560. The number of benzene rings is 2. The standard InChI is InChI=1S/C29H30N2O6/c1-18-26(33)24(32)11-13-31(18)14-12-30-27(34)23-15-20-7-10-22(16-25(20)37-28(23)35)36-17-19-5-8-21(9-6-19)29(2,3)4/h5-11,13,15-16,33H,12,14,17H2,1-4H3,(H,30,34). The number of aromatic nitrogens is 1. The summed E-state index contributed by atoms with van der Waals surface area (Å²) < 4.78 is 12.9. The van der Waals surface area contributed by atoms with Gasteiger partial charge < -0.3 is 24.1 Å². The molecule has 0 unspecified atom stereocenters. The second kappa shape index (κ2) is 10.3. The van der Waals surface area contributed by atoms with Gasteiger partial charge >= 0.3 is 5.63 Å². The van der Waals surface area contributed by atoms with Gasteiger partial charge in [-0.1, -0.05) is 45.0 Å². The fourth-order valence-electron chi connectivity index (χ4n) is 3.90. The number of ether oxygens (including phenoxy) is 1. The van der Waals surface area contributed by atoms with E-state index in [1.54, 1.807) is 29.7 Å². The zero-order valence-corrected chi connectivity index (χ0v) is 21.3. The molecule has 2 N–H and O–H groups in total. The van der Waals surface area contributed by atoms with Gasteiger partial charge in [-0.05, 0) is 41.7 Å². The first-order valence-corrected chi connectivity index (χ1v) is 12.0. The van der Waals surface area contributed by atoms with Crippen molar-refractivity contribution in [1.29, 1.82) is 0 Å². The maximum absolute atomic E-state index is 12.6. The van der Waals surface area contributed by atoms with Gasteiger partial charge in [0.25, 0.3) is 5.91 Å². The average molecular weight is 503 g/mol. The second-order valence-corrected chi connectivity index (χ2v) is 9.95. The molecule has 0 aliphatic rings. The Labute approximate surface area is 214 Å². The normalized spacial score (nSPS) is 11.5. The Hall–Kier alpha value is -4.33. The van der Waals surface area contributed by atoms with Crippen LogP contribution in [0.15, 0.2) is 74.8 Å². The lowest BCUT2D eigenvalue weighted by atomic mass is 9.87. The van der Waals surface area contributed by atoms with Crippen LogP contribution in [0, 0.1) is 6.92 Å². The Morgan fingerprint density at radius 2 is 1.78 bits per heavy atom. The number of hydrogen-bond acceptors (Lipinski definition) is 6. The number of hydrogen-bond donors (Lipinski definition) is 2. The van der Waals surface area contributed by atoms with E-state index in [2.05, 4.69) is 38.2 Å². The van der Waals surface area contributed by atoms with Crippen LogP contribution >= 0.6 is 0 Å². The first-order valence-electron chi connectivity index (χ1n) is 12.0. The van der Waals surface area contributed by atoms with Crippen LogP contribution in [0.3, 0.4) is 0 Å². The predicted octanol–water partition coefficient (Wildman–Crippen LogP) is 4.28. The summed E-state index contributed by atoms with van der Waals surface area (Å²) in [6.45, 7) is 8.97. The van der Waals surface area contributed by atoms with E-state index in [0.29, 0.717) is 35.6 Å². The summed E-state index contributed by atoms with van der Waals surface area (Å²) in [5.41, 5.74) is 1.74. The molecule has 192 valence electrons. The molecule has 0 saturated heterocycles. The van der Waals surface area contributed by atoms with Crippen molar-refractivity contribution in [1.82, 2.24) is 9.88 Å². The molecule has 2 aromatic heterocycles. The Kier molecular flexibility index (Phi) is 7.20. The van der Waals surface area contributed by atoms with Crippen molar-refractivity contribution in [3.63, 3.8) is 0 Å². The topological polar surface area (TPSA) is 111 Å². The summed E-state index contributed by atoms with van der Waals surface area (Å²) in [5.74, 6) is -0.351. The lowest BCUT2D eigenvalue weighted by Gasteiger charge is -2.19. The van der Waals surface area contributed by atoms with E-state index in [-0.39, 0.29) is 23.3 Å². The van der Waals surface area contributed by atoms with Gasteiger partial charge in [0.1, 0.15) is 23.5 Å². The van der Waals surface area contributed by atoms with Crippen LogP contribution in [0.5, 0.6) is 11.5 Å². The van der Waals surface area contributed by atoms with E-state index in [0.717, 1.165) is 5.56 Å². The van der Waals surface area contributed by atoms with Crippen LogP contribution in [-0.2, 0) is 18.6 Å². The van der Waals surface area contributed by atoms with Gasteiger partial charge in [0.15, 0.2) is 5.75 Å². The second-order valence-electron chi connectivity index (χ2n) is 9.95. The summed E-state index contributed by atoms with van der Waals surface area (Å²) in [7, 11) is 0. The maximum Gasteiger partial charge on any atom is 0.349 e. The van der Waals surface area contributed by atoms with Gasteiger partial charge in [-0.2, -0.15) is 0 Å². The third-order valence-corrected chi connectivity index (χ3v) is 6.23.